The van der Waals surface area contributed by atoms with Crippen LogP contribution >= 0.6 is 0 Å². The molecule has 27 heavy (non-hydrogen) atoms. The van der Waals surface area contributed by atoms with Crippen molar-refractivity contribution in [2.75, 3.05) is 19.8 Å². The van der Waals surface area contributed by atoms with Crippen LogP contribution in [0, 0.1) is 5.82 Å². The molecule has 1 N–H and O–H groups in total. The van der Waals surface area contributed by atoms with E-state index < -0.39 is 0 Å². The lowest BCUT2D eigenvalue weighted by Gasteiger charge is -2.11. The van der Waals surface area contributed by atoms with Crippen molar-refractivity contribution < 1.29 is 13.9 Å². The molecule has 0 bridgehead atoms. The van der Waals surface area contributed by atoms with Gasteiger partial charge in [-0.25, -0.2) is 9.37 Å². The van der Waals surface area contributed by atoms with E-state index in [0.717, 1.165) is 36.4 Å². The molecule has 5 nitrogen and oxygen atoms in total. The molecule has 6 heteroatoms. The Hall–Kier alpha value is -2.44. The van der Waals surface area contributed by atoms with E-state index in [1.807, 2.05) is 25.1 Å². The summed E-state index contributed by atoms with van der Waals surface area (Å²) in [6.07, 6.45) is 1.08. The number of aromatic nitrogens is 2. The predicted molar refractivity (Wildman–Crippen MR) is 105 cm³/mol. The molecule has 3 rings (SSSR count). The van der Waals surface area contributed by atoms with Gasteiger partial charge in [-0.1, -0.05) is 6.92 Å². The van der Waals surface area contributed by atoms with Gasteiger partial charge in [0.1, 0.15) is 23.1 Å². The fraction of sp³-hybridized carbons (Fsp3) is 0.381. The van der Waals surface area contributed by atoms with Crippen LogP contribution in [0.4, 0.5) is 4.39 Å². The molecule has 0 fully saturated rings. The second-order valence-corrected chi connectivity index (χ2v) is 6.26. The van der Waals surface area contributed by atoms with Gasteiger partial charge in [0, 0.05) is 19.2 Å². The summed E-state index contributed by atoms with van der Waals surface area (Å²) in [6, 6.07) is 11.8. The Balaban J connectivity index is 1.87. The van der Waals surface area contributed by atoms with E-state index in [1.54, 1.807) is 12.1 Å². The quantitative estimate of drug-likeness (QED) is 0.533. The number of halogens is 1. The van der Waals surface area contributed by atoms with Crippen LogP contribution in [0.15, 0.2) is 42.5 Å². The fourth-order valence-electron chi connectivity index (χ4n) is 2.92. The molecule has 0 spiro atoms. The van der Waals surface area contributed by atoms with E-state index in [0.29, 0.717) is 31.3 Å². The number of hydrogen-bond donors (Lipinski definition) is 1. The van der Waals surface area contributed by atoms with Crippen molar-refractivity contribution in [1.29, 1.82) is 0 Å². The Morgan fingerprint density at radius 2 is 1.85 bits per heavy atom. The van der Waals surface area contributed by atoms with Crippen LogP contribution in [0.1, 0.15) is 26.1 Å². The van der Waals surface area contributed by atoms with Crippen molar-refractivity contribution >= 4 is 11.0 Å². The summed E-state index contributed by atoms with van der Waals surface area (Å²) in [5, 5.41) is 3.41. The number of nitrogens with zero attached hydrogens (tertiary/aromatic N) is 2. The van der Waals surface area contributed by atoms with E-state index in [4.69, 9.17) is 14.5 Å². The molecule has 1 aromatic heterocycles. The van der Waals surface area contributed by atoms with Crippen LogP contribution in [0.25, 0.3) is 11.0 Å². The van der Waals surface area contributed by atoms with Gasteiger partial charge in [-0.2, -0.15) is 0 Å². The molecule has 0 aliphatic rings. The van der Waals surface area contributed by atoms with E-state index >= 15 is 0 Å². The van der Waals surface area contributed by atoms with Crippen LogP contribution in [-0.2, 0) is 17.8 Å². The van der Waals surface area contributed by atoms with Crippen LogP contribution in [0.5, 0.6) is 11.5 Å². The minimum absolute atomic E-state index is 0.281. The first-order valence-corrected chi connectivity index (χ1v) is 9.42. The third-order valence-corrected chi connectivity index (χ3v) is 4.22. The summed E-state index contributed by atoms with van der Waals surface area (Å²) in [5.41, 5.74) is 1.92. The molecule has 0 saturated heterocycles. The average Bonchev–Trinajstić information content (AvgIpc) is 3.01. The summed E-state index contributed by atoms with van der Waals surface area (Å²) < 4.78 is 26.7. The number of benzene rings is 2. The lowest BCUT2D eigenvalue weighted by molar-refractivity contribution is 0.139. The maximum atomic E-state index is 13.1. The summed E-state index contributed by atoms with van der Waals surface area (Å²) in [5.74, 6) is 1.99. The first kappa shape index (κ1) is 19.3. The second kappa shape index (κ2) is 9.48. The Morgan fingerprint density at radius 1 is 1.07 bits per heavy atom. The zero-order valence-corrected chi connectivity index (χ0v) is 15.9. The first-order chi connectivity index (χ1) is 13.2. The SMILES string of the molecule is CCCNCc1nc2ccc(Oc3ccc(F)cc3)cc2n1CCOCC. The van der Waals surface area contributed by atoms with Gasteiger partial charge in [0.05, 0.1) is 24.2 Å². The minimum Gasteiger partial charge on any atom is -0.457 e. The number of nitrogens with one attached hydrogen (secondary N) is 1. The molecule has 1 heterocycles. The molecule has 0 unspecified atom stereocenters. The van der Waals surface area contributed by atoms with Crippen molar-refractivity contribution in [3.05, 3.63) is 54.1 Å². The largest absolute Gasteiger partial charge is 0.457 e. The van der Waals surface area contributed by atoms with Gasteiger partial charge >= 0.3 is 0 Å². The predicted octanol–water partition coefficient (Wildman–Crippen LogP) is 4.50. The summed E-state index contributed by atoms with van der Waals surface area (Å²) in [7, 11) is 0. The molecule has 3 aromatic rings. The standard InChI is InChI=1S/C21H26FN3O2/c1-3-11-23-15-21-24-19-10-9-18(27-17-7-5-16(22)6-8-17)14-20(19)25(21)12-13-26-4-2/h5-10,14,23H,3-4,11-13,15H2,1-2H3. The minimum atomic E-state index is -0.281. The number of rotatable bonds is 10. The van der Waals surface area contributed by atoms with Crippen LogP contribution in [-0.4, -0.2) is 29.3 Å². The normalized spacial score (nSPS) is 11.2. The molecule has 0 saturated carbocycles. The zero-order chi connectivity index (χ0) is 19.1. The van der Waals surface area contributed by atoms with Gasteiger partial charge in [0.15, 0.2) is 0 Å². The number of hydrogen-bond acceptors (Lipinski definition) is 4. The average molecular weight is 371 g/mol. The van der Waals surface area contributed by atoms with E-state index in [9.17, 15) is 4.39 Å². The van der Waals surface area contributed by atoms with Crippen LogP contribution in [0.2, 0.25) is 0 Å². The Kier molecular flexibility index (Phi) is 6.79. The van der Waals surface area contributed by atoms with Gasteiger partial charge in [-0.15, -0.1) is 0 Å². The molecule has 0 aliphatic heterocycles. The van der Waals surface area contributed by atoms with Crippen molar-refractivity contribution in [3.8, 4) is 11.5 Å². The highest BCUT2D eigenvalue weighted by atomic mass is 19.1. The molecule has 2 aromatic carbocycles. The summed E-state index contributed by atoms with van der Waals surface area (Å²) in [6.45, 7) is 7.85. The smallest absolute Gasteiger partial charge is 0.129 e. The Bertz CT molecular complexity index is 862. The fourth-order valence-corrected chi connectivity index (χ4v) is 2.92. The second-order valence-electron chi connectivity index (χ2n) is 6.26. The van der Waals surface area contributed by atoms with E-state index in [-0.39, 0.29) is 5.82 Å². The van der Waals surface area contributed by atoms with Gasteiger partial charge in [0.2, 0.25) is 0 Å². The van der Waals surface area contributed by atoms with E-state index in [1.165, 1.54) is 12.1 Å². The maximum Gasteiger partial charge on any atom is 0.129 e. The van der Waals surface area contributed by atoms with Crippen molar-refractivity contribution in [1.82, 2.24) is 14.9 Å². The molecule has 0 amide bonds. The third kappa shape index (κ3) is 5.05. The van der Waals surface area contributed by atoms with Gasteiger partial charge in [-0.05, 0) is 56.3 Å². The lowest BCUT2D eigenvalue weighted by Crippen LogP contribution is -2.19. The number of ether oxygens (including phenoxy) is 2. The Morgan fingerprint density at radius 3 is 2.59 bits per heavy atom. The Labute approximate surface area is 159 Å². The molecular weight excluding hydrogens is 345 g/mol. The lowest BCUT2D eigenvalue weighted by atomic mass is 10.3. The summed E-state index contributed by atoms with van der Waals surface area (Å²) >= 11 is 0. The van der Waals surface area contributed by atoms with Gasteiger partial charge < -0.3 is 19.4 Å². The molecular formula is C21H26FN3O2. The number of imidazole rings is 1. The first-order valence-electron chi connectivity index (χ1n) is 9.42. The zero-order valence-electron chi connectivity index (χ0n) is 15.9. The summed E-state index contributed by atoms with van der Waals surface area (Å²) in [4.78, 5) is 4.76. The van der Waals surface area contributed by atoms with Crippen molar-refractivity contribution in [3.63, 3.8) is 0 Å². The highest BCUT2D eigenvalue weighted by molar-refractivity contribution is 5.78. The highest BCUT2D eigenvalue weighted by Gasteiger charge is 2.12. The van der Waals surface area contributed by atoms with Gasteiger partial charge in [0.25, 0.3) is 0 Å². The van der Waals surface area contributed by atoms with Crippen LogP contribution < -0.4 is 10.1 Å². The maximum absolute atomic E-state index is 13.1. The molecule has 0 atom stereocenters. The molecule has 0 aliphatic carbocycles. The third-order valence-electron chi connectivity index (χ3n) is 4.22. The number of fused-ring (bicyclic) bond motifs is 1. The van der Waals surface area contributed by atoms with Crippen LogP contribution in [0.3, 0.4) is 0 Å². The molecule has 0 radical (unpaired) electrons. The van der Waals surface area contributed by atoms with Crippen molar-refractivity contribution in [2.45, 2.75) is 33.4 Å². The van der Waals surface area contributed by atoms with E-state index in [2.05, 4.69) is 16.8 Å². The van der Waals surface area contributed by atoms with Gasteiger partial charge in [-0.3, -0.25) is 0 Å². The topological polar surface area (TPSA) is 48.3 Å². The highest BCUT2D eigenvalue weighted by Crippen LogP contribution is 2.26. The molecule has 144 valence electrons. The monoisotopic (exact) mass is 371 g/mol. The van der Waals surface area contributed by atoms with Crippen molar-refractivity contribution in [2.24, 2.45) is 0 Å².